The normalized spacial score (nSPS) is 15.5. The van der Waals surface area contributed by atoms with Gasteiger partial charge in [-0.25, -0.2) is 4.98 Å². The van der Waals surface area contributed by atoms with Gasteiger partial charge in [-0.2, -0.15) is 0 Å². The number of aryl methyl sites for hydroxylation is 2. The summed E-state index contributed by atoms with van der Waals surface area (Å²) in [5.41, 5.74) is 9.16. The van der Waals surface area contributed by atoms with Crippen molar-refractivity contribution in [2.75, 3.05) is 11.4 Å². The molecular weight excluding hydrogens is 437 g/mol. The molecule has 0 saturated carbocycles. The maximum absolute atomic E-state index is 6.34. The molecule has 5 rings (SSSR count). The number of hydrogen-bond acceptors (Lipinski definition) is 2. The van der Waals surface area contributed by atoms with Crippen molar-refractivity contribution >= 4 is 40.7 Å². The Morgan fingerprint density at radius 3 is 2.53 bits per heavy atom. The first-order chi connectivity index (χ1) is 14.9. The van der Waals surface area contributed by atoms with Crippen LogP contribution in [0.3, 0.4) is 0 Å². The molecule has 3 nitrogen and oxygen atoms in total. The third-order valence-corrected chi connectivity index (χ3v) is 7.14. The molecule has 1 aliphatic heterocycles. The highest BCUT2D eigenvalue weighted by atomic mass is 35.5. The van der Waals surface area contributed by atoms with Crippen LogP contribution >= 0.6 is 24.0 Å². The lowest BCUT2D eigenvalue weighted by atomic mass is 9.93. The van der Waals surface area contributed by atoms with Crippen LogP contribution in [0.25, 0.3) is 10.9 Å². The van der Waals surface area contributed by atoms with E-state index in [0.717, 1.165) is 30.4 Å². The molecule has 0 amide bonds. The van der Waals surface area contributed by atoms with Gasteiger partial charge in [0, 0.05) is 35.4 Å². The van der Waals surface area contributed by atoms with E-state index in [1.165, 1.54) is 44.4 Å². The van der Waals surface area contributed by atoms with Gasteiger partial charge in [0.25, 0.3) is 0 Å². The van der Waals surface area contributed by atoms with Gasteiger partial charge in [0.2, 0.25) is 0 Å². The first kappa shape index (κ1) is 22.7. The molecule has 3 heterocycles. The second-order valence-electron chi connectivity index (χ2n) is 8.78. The molecule has 1 aliphatic rings. The first-order valence-electron chi connectivity index (χ1n) is 11.0. The van der Waals surface area contributed by atoms with Crippen LogP contribution in [-0.4, -0.2) is 16.1 Å². The Labute approximate surface area is 201 Å². The molecular formula is C27H29Cl2N3. The molecule has 1 unspecified atom stereocenters. The molecule has 0 bridgehead atoms. The van der Waals surface area contributed by atoms with Gasteiger partial charge in [0.05, 0.1) is 11.6 Å². The van der Waals surface area contributed by atoms with Crippen LogP contribution in [0.2, 0.25) is 5.02 Å². The van der Waals surface area contributed by atoms with Gasteiger partial charge >= 0.3 is 0 Å². The van der Waals surface area contributed by atoms with E-state index < -0.39 is 0 Å². The number of hydrogen-bond donors (Lipinski definition) is 0. The number of fused-ring (bicyclic) bond motifs is 2. The molecule has 0 spiro atoms. The molecule has 0 N–H and O–H groups in total. The Balaban J connectivity index is 0.00000245. The van der Waals surface area contributed by atoms with Gasteiger partial charge in [-0.05, 0) is 74.6 Å². The van der Waals surface area contributed by atoms with Crippen molar-refractivity contribution in [1.82, 2.24) is 9.55 Å². The number of nitrogens with zero attached hydrogens (tertiary/aromatic N) is 3. The fourth-order valence-corrected chi connectivity index (χ4v) is 5.12. The van der Waals surface area contributed by atoms with E-state index in [1.807, 2.05) is 12.3 Å². The SMILES string of the molecule is Cc1ccc(Cn2c(C)c(C)c3ccnc(N4CCc5ccc(Cl)cc5C4C)c32)cc1.Cl. The van der Waals surface area contributed by atoms with Gasteiger partial charge in [0.1, 0.15) is 0 Å². The van der Waals surface area contributed by atoms with Crippen molar-refractivity contribution < 1.29 is 0 Å². The summed E-state index contributed by atoms with van der Waals surface area (Å²) in [6, 6.07) is 17.5. The molecule has 4 aromatic rings. The topological polar surface area (TPSA) is 21.1 Å². The zero-order valence-electron chi connectivity index (χ0n) is 19.0. The summed E-state index contributed by atoms with van der Waals surface area (Å²) in [5.74, 6) is 1.07. The van der Waals surface area contributed by atoms with Crippen LogP contribution in [-0.2, 0) is 13.0 Å². The summed E-state index contributed by atoms with van der Waals surface area (Å²) in [7, 11) is 0. The second kappa shape index (κ2) is 8.80. The Bertz CT molecular complexity index is 1270. The van der Waals surface area contributed by atoms with Crippen LogP contribution in [0.4, 0.5) is 5.82 Å². The molecule has 5 heteroatoms. The van der Waals surface area contributed by atoms with Gasteiger partial charge in [0.15, 0.2) is 5.82 Å². The van der Waals surface area contributed by atoms with E-state index in [4.69, 9.17) is 16.6 Å². The monoisotopic (exact) mass is 465 g/mol. The summed E-state index contributed by atoms with van der Waals surface area (Å²) in [5, 5.41) is 2.09. The highest BCUT2D eigenvalue weighted by Crippen LogP contribution is 2.39. The minimum atomic E-state index is 0. The van der Waals surface area contributed by atoms with Crippen LogP contribution in [0.15, 0.2) is 54.7 Å². The predicted octanol–water partition coefficient (Wildman–Crippen LogP) is 7.21. The first-order valence-corrected chi connectivity index (χ1v) is 11.4. The lowest BCUT2D eigenvalue weighted by molar-refractivity contribution is 0.617. The Morgan fingerprint density at radius 2 is 1.78 bits per heavy atom. The van der Waals surface area contributed by atoms with Crippen LogP contribution in [0.1, 0.15) is 46.5 Å². The van der Waals surface area contributed by atoms with E-state index in [2.05, 4.69) is 79.6 Å². The van der Waals surface area contributed by atoms with Gasteiger partial charge in [-0.1, -0.05) is 47.5 Å². The maximum Gasteiger partial charge on any atom is 0.153 e. The molecule has 0 fully saturated rings. The average molecular weight is 466 g/mol. The smallest absolute Gasteiger partial charge is 0.153 e. The van der Waals surface area contributed by atoms with E-state index >= 15 is 0 Å². The summed E-state index contributed by atoms with van der Waals surface area (Å²) in [6.45, 7) is 10.6. The Hall–Kier alpha value is -2.49. The van der Waals surface area contributed by atoms with Crippen molar-refractivity contribution in [3.8, 4) is 0 Å². The minimum Gasteiger partial charge on any atom is -0.348 e. The standard InChI is InChI=1S/C27H28ClN3.ClH/c1-17-5-7-21(8-6-17)16-31-19(3)18(2)24-11-13-29-27(26(24)31)30-14-12-22-9-10-23(28)15-25(22)20(30)4;/h5-11,13,15,20H,12,14,16H2,1-4H3;1H. The predicted molar refractivity (Wildman–Crippen MR) is 138 cm³/mol. The minimum absolute atomic E-state index is 0. The number of rotatable bonds is 3. The molecule has 0 aliphatic carbocycles. The summed E-state index contributed by atoms with van der Waals surface area (Å²) in [6.07, 6.45) is 2.96. The van der Waals surface area contributed by atoms with E-state index in [1.54, 1.807) is 0 Å². The van der Waals surface area contributed by atoms with Gasteiger partial charge in [-0.3, -0.25) is 0 Å². The fourth-order valence-electron chi connectivity index (χ4n) is 4.93. The third-order valence-electron chi connectivity index (χ3n) is 6.91. The maximum atomic E-state index is 6.34. The zero-order chi connectivity index (χ0) is 21.7. The van der Waals surface area contributed by atoms with Crippen LogP contribution in [0.5, 0.6) is 0 Å². The Kier molecular flexibility index (Phi) is 6.24. The molecule has 1 atom stereocenters. The number of pyridine rings is 1. The molecule has 2 aromatic carbocycles. The molecule has 0 saturated heterocycles. The summed E-state index contributed by atoms with van der Waals surface area (Å²) >= 11 is 6.34. The quantitative estimate of drug-likeness (QED) is 0.318. The highest BCUT2D eigenvalue weighted by molar-refractivity contribution is 6.30. The average Bonchev–Trinajstić information content (AvgIpc) is 3.01. The van der Waals surface area contributed by atoms with Crippen molar-refractivity contribution in [2.45, 2.75) is 46.7 Å². The lowest BCUT2D eigenvalue weighted by Gasteiger charge is -2.37. The molecule has 2 aromatic heterocycles. The highest BCUT2D eigenvalue weighted by Gasteiger charge is 2.28. The van der Waals surface area contributed by atoms with E-state index in [9.17, 15) is 0 Å². The van der Waals surface area contributed by atoms with Crippen LogP contribution < -0.4 is 4.90 Å². The van der Waals surface area contributed by atoms with Crippen molar-refractivity contribution in [3.05, 3.63) is 93.3 Å². The van der Waals surface area contributed by atoms with Crippen molar-refractivity contribution in [2.24, 2.45) is 0 Å². The number of halogens is 2. The molecule has 0 radical (unpaired) electrons. The second-order valence-corrected chi connectivity index (χ2v) is 9.21. The number of benzene rings is 2. The lowest BCUT2D eigenvalue weighted by Crippen LogP contribution is -2.35. The third kappa shape index (κ3) is 3.78. The van der Waals surface area contributed by atoms with Gasteiger partial charge < -0.3 is 9.47 Å². The fraction of sp³-hybridized carbons (Fsp3) is 0.296. The summed E-state index contributed by atoms with van der Waals surface area (Å²) in [4.78, 5) is 7.37. The largest absolute Gasteiger partial charge is 0.348 e. The van der Waals surface area contributed by atoms with E-state index in [-0.39, 0.29) is 18.4 Å². The van der Waals surface area contributed by atoms with E-state index in [0.29, 0.717) is 0 Å². The molecule has 32 heavy (non-hydrogen) atoms. The van der Waals surface area contributed by atoms with Crippen molar-refractivity contribution in [1.29, 1.82) is 0 Å². The van der Waals surface area contributed by atoms with Gasteiger partial charge in [-0.15, -0.1) is 12.4 Å². The Morgan fingerprint density at radius 1 is 1.03 bits per heavy atom. The van der Waals surface area contributed by atoms with Crippen molar-refractivity contribution in [3.63, 3.8) is 0 Å². The van der Waals surface area contributed by atoms with Crippen LogP contribution in [0, 0.1) is 20.8 Å². The number of aromatic nitrogens is 2. The number of anilines is 1. The zero-order valence-corrected chi connectivity index (χ0v) is 20.6. The summed E-state index contributed by atoms with van der Waals surface area (Å²) < 4.78 is 2.44. The molecule has 166 valence electrons.